The van der Waals surface area contributed by atoms with Crippen LogP contribution in [-0.4, -0.2) is 39.3 Å². The first-order valence-corrected chi connectivity index (χ1v) is 3.50. The molecule has 0 atom stereocenters. The molecule has 0 saturated carbocycles. The summed E-state index contributed by atoms with van der Waals surface area (Å²) in [6.07, 6.45) is 0. The summed E-state index contributed by atoms with van der Waals surface area (Å²) >= 11 is 0.388. The van der Waals surface area contributed by atoms with Gasteiger partial charge in [0.1, 0.15) is 0 Å². The Kier molecular flexibility index (Phi) is 16.7. The molecule has 0 aromatic heterocycles. The Balaban J connectivity index is -0.000000125. The van der Waals surface area contributed by atoms with Crippen LogP contribution in [0.3, 0.4) is 0 Å². The van der Waals surface area contributed by atoms with Gasteiger partial charge in [-0.2, -0.15) is 0 Å². The minimum atomic E-state index is -4.11. The van der Waals surface area contributed by atoms with Crippen molar-refractivity contribution < 1.29 is 64.5 Å². The Labute approximate surface area is 100 Å². The van der Waals surface area contributed by atoms with Gasteiger partial charge < -0.3 is 0 Å². The standard InChI is InChI=1S/Ag.Na.H3O4P.Zr.H/c;;1-5(2,3)4;;/h;;(H3,1,2,3,4);;/q;;;+1;/p-1. The second-order valence-corrected chi connectivity index (χ2v) is 3.09. The van der Waals surface area contributed by atoms with Gasteiger partial charge in [-0.25, -0.2) is 0 Å². The Bertz CT molecular complexity index is 80.1. The van der Waals surface area contributed by atoms with Crippen LogP contribution in [-0.2, 0) is 54.7 Å². The van der Waals surface area contributed by atoms with Gasteiger partial charge in [-0.05, 0) is 0 Å². The van der Waals surface area contributed by atoms with Crippen LogP contribution in [0.2, 0.25) is 0 Å². The van der Waals surface area contributed by atoms with E-state index in [-0.39, 0.29) is 51.9 Å². The van der Waals surface area contributed by atoms with E-state index in [0.29, 0.717) is 25.2 Å². The molecule has 4 nitrogen and oxygen atoms in total. The summed E-state index contributed by atoms with van der Waals surface area (Å²) in [7, 11) is -4.11. The average molecular weight is 320 g/mol. The minimum absolute atomic E-state index is 0. The van der Waals surface area contributed by atoms with Crippen molar-refractivity contribution in [1.82, 2.24) is 0 Å². The van der Waals surface area contributed by atoms with Crippen molar-refractivity contribution in [3.05, 3.63) is 0 Å². The fraction of sp³-hybridized carbons (Fsp3) is 0. The number of rotatable bonds is 1. The van der Waals surface area contributed by atoms with Crippen LogP contribution in [0.1, 0.15) is 0 Å². The second-order valence-electron chi connectivity index (χ2n) is 0.582. The van der Waals surface area contributed by atoms with Gasteiger partial charge in [-0.15, -0.1) is 0 Å². The van der Waals surface area contributed by atoms with Crippen LogP contribution >= 0.6 is 7.82 Å². The van der Waals surface area contributed by atoms with Crippen molar-refractivity contribution in [2.75, 3.05) is 0 Å². The van der Waals surface area contributed by atoms with E-state index in [0.717, 1.165) is 0 Å². The molecular formula is H3AgNaO4PZr. The monoisotopic (exact) mass is 318 g/mol. The number of hydrogen-bond donors (Lipinski definition) is 2. The molecule has 0 unspecified atom stereocenters. The van der Waals surface area contributed by atoms with Gasteiger partial charge in [-0.3, -0.25) is 0 Å². The van der Waals surface area contributed by atoms with Crippen molar-refractivity contribution in [2.24, 2.45) is 0 Å². The molecule has 0 aromatic rings. The fourth-order valence-electron chi connectivity index (χ4n) is 0. The molecule has 0 aliphatic rings. The molecule has 0 rings (SSSR count). The molecule has 1 radical (unpaired) electrons. The molecule has 0 saturated heterocycles. The van der Waals surface area contributed by atoms with Crippen LogP contribution in [0, 0.1) is 0 Å². The van der Waals surface area contributed by atoms with E-state index in [9.17, 15) is 4.57 Å². The van der Waals surface area contributed by atoms with Crippen molar-refractivity contribution >= 4 is 37.4 Å². The molecule has 0 amide bonds. The number of hydrogen-bond acceptors (Lipinski definition) is 2. The molecule has 0 heterocycles. The Hall–Kier alpha value is 2.73. The molecule has 0 aromatic carbocycles. The molecule has 8 heavy (non-hydrogen) atoms. The van der Waals surface area contributed by atoms with Crippen molar-refractivity contribution in [3.63, 3.8) is 0 Å². The fourth-order valence-corrected chi connectivity index (χ4v) is 0. The third kappa shape index (κ3) is 15.9. The summed E-state index contributed by atoms with van der Waals surface area (Å²) in [5.74, 6) is 0. The molecule has 0 aliphatic carbocycles. The topological polar surface area (TPSA) is 66.8 Å². The van der Waals surface area contributed by atoms with Gasteiger partial charge in [0.15, 0.2) is 0 Å². The van der Waals surface area contributed by atoms with Crippen molar-refractivity contribution in [2.45, 2.75) is 0 Å². The quantitative estimate of drug-likeness (QED) is 0.476. The third-order valence-electron chi connectivity index (χ3n) is 0.119. The van der Waals surface area contributed by atoms with Crippen LogP contribution in [0.15, 0.2) is 0 Å². The Morgan fingerprint density at radius 2 is 1.62 bits per heavy atom. The van der Waals surface area contributed by atoms with Crippen molar-refractivity contribution in [1.29, 1.82) is 0 Å². The number of phosphoric acid groups is 1. The van der Waals surface area contributed by atoms with Crippen molar-refractivity contribution in [3.8, 4) is 0 Å². The maximum atomic E-state index is 9.49. The van der Waals surface area contributed by atoms with Crippen LogP contribution < -0.4 is 0 Å². The van der Waals surface area contributed by atoms with Gasteiger partial charge >= 0.3 is 79.5 Å². The summed E-state index contributed by atoms with van der Waals surface area (Å²) < 4.78 is 13.2. The normalized spacial score (nSPS) is 8.62. The van der Waals surface area contributed by atoms with Gasteiger partial charge in [-0.1, -0.05) is 0 Å². The first-order valence-electron chi connectivity index (χ1n) is 0.969. The molecule has 0 fully saturated rings. The molecule has 0 aliphatic heterocycles. The second kappa shape index (κ2) is 7.84. The zero-order valence-electron chi connectivity index (χ0n) is 2.96. The van der Waals surface area contributed by atoms with E-state index >= 15 is 0 Å². The molecule has 0 spiro atoms. The summed E-state index contributed by atoms with van der Waals surface area (Å²) in [5.41, 5.74) is 0. The molecular weight excluding hydrogens is 317 g/mol. The Morgan fingerprint density at radius 3 is 1.62 bits per heavy atom. The van der Waals surface area contributed by atoms with E-state index < -0.39 is 7.82 Å². The zero-order valence-corrected chi connectivity index (χ0v) is 7.79. The van der Waals surface area contributed by atoms with E-state index in [2.05, 4.69) is 2.60 Å². The predicted molar refractivity (Wildman–Crippen MR) is 20.3 cm³/mol. The molecule has 48 valence electrons. The van der Waals surface area contributed by atoms with Crippen LogP contribution in [0.5, 0.6) is 0 Å². The Morgan fingerprint density at radius 1 is 1.50 bits per heavy atom. The molecule has 8 heteroatoms. The summed E-state index contributed by atoms with van der Waals surface area (Å²) in [6, 6.07) is 0. The van der Waals surface area contributed by atoms with E-state index in [1.165, 1.54) is 0 Å². The first kappa shape index (κ1) is 17.0. The SMILES string of the molecule is O=P(O)(O)[O][Zr].[Ag].[NaH]. The summed E-state index contributed by atoms with van der Waals surface area (Å²) in [5, 5.41) is 0. The summed E-state index contributed by atoms with van der Waals surface area (Å²) in [6.45, 7) is 0. The van der Waals surface area contributed by atoms with Gasteiger partial charge in [0.05, 0.1) is 0 Å². The first-order chi connectivity index (χ1) is 2.56. The van der Waals surface area contributed by atoms with E-state index in [4.69, 9.17) is 9.79 Å². The van der Waals surface area contributed by atoms with E-state index in [1.54, 1.807) is 0 Å². The van der Waals surface area contributed by atoms with Gasteiger partial charge in [0.2, 0.25) is 0 Å². The predicted octanol–water partition coefficient (Wildman–Crippen LogP) is -1.09. The van der Waals surface area contributed by atoms with Crippen LogP contribution in [0.4, 0.5) is 0 Å². The average Bonchev–Trinajstić information content (AvgIpc) is 1.35. The van der Waals surface area contributed by atoms with E-state index in [1.807, 2.05) is 0 Å². The maximum absolute atomic E-state index is 9.49. The van der Waals surface area contributed by atoms with Gasteiger partial charge in [0, 0.05) is 22.4 Å². The third-order valence-corrected chi connectivity index (χ3v) is 2.11. The molecule has 2 N–H and O–H groups in total. The van der Waals surface area contributed by atoms with Crippen LogP contribution in [0.25, 0.3) is 0 Å². The summed E-state index contributed by atoms with van der Waals surface area (Å²) in [4.78, 5) is 15.5. The van der Waals surface area contributed by atoms with Gasteiger partial charge in [0.25, 0.3) is 0 Å². The molecule has 0 bridgehead atoms. The zero-order chi connectivity index (χ0) is 5.21.